The van der Waals surface area contributed by atoms with Crippen LogP contribution < -0.4 is 10.1 Å². The molecule has 0 radical (unpaired) electrons. The first kappa shape index (κ1) is 27.5. The Labute approximate surface area is 237 Å². The third kappa shape index (κ3) is 6.23. The standard InChI is InChI=1S/C32H32FN3O3S/c1-32(2,3)31(38)36-15-14-22-12-13-25(17-26(22)29(36)23-10-7-11-24(33)16-23)39-19-28-35-27(20-40-28)30(37)34-18-21-8-5-4-6-9-21/h4-13,16-17,20,29H,14-15,18-19H2,1-3H3,(H,34,37). The summed E-state index contributed by atoms with van der Waals surface area (Å²) >= 11 is 1.36. The van der Waals surface area contributed by atoms with Crippen molar-refractivity contribution in [2.45, 2.75) is 46.4 Å². The fourth-order valence-electron chi connectivity index (χ4n) is 4.86. The zero-order chi connectivity index (χ0) is 28.3. The summed E-state index contributed by atoms with van der Waals surface area (Å²) in [6.07, 6.45) is 0.706. The van der Waals surface area contributed by atoms with Crippen molar-refractivity contribution < 1.29 is 18.7 Å². The van der Waals surface area contributed by atoms with E-state index < -0.39 is 11.5 Å². The van der Waals surface area contributed by atoms with Crippen LogP contribution in [0.5, 0.6) is 5.75 Å². The van der Waals surface area contributed by atoms with Gasteiger partial charge in [-0.3, -0.25) is 9.59 Å². The summed E-state index contributed by atoms with van der Waals surface area (Å²) < 4.78 is 20.4. The number of hydrogen-bond acceptors (Lipinski definition) is 5. The van der Waals surface area contributed by atoms with Gasteiger partial charge in [0.05, 0.1) is 6.04 Å². The summed E-state index contributed by atoms with van der Waals surface area (Å²) in [5.41, 5.74) is 3.54. The van der Waals surface area contributed by atoms with E-state index in [2.05, 4.69) is 10.3 Å². The molecule has 8 heteroatoms. The van der Waals surface area contributed by atoms with Crippen molar-refractivity contribution in [3.63, 3.8) is 0 Å². The molecule has 0 aliphatic carbocycles. The largest absolute Gasteiger partial charge is 0.486 e. The molecule has 0 saturated carbocycles. The summed E-state index contributed by atoms with van der Waals surface area (Å²) in [4.78, 5) is 32.3. The van der Waals surface area contributed by atoms with Crippen LogP contribution in [0, 0.1) is 11.2 Å². The number of rotatable bonds is 7. The number of aromatic nitrogens is 1. The molecule has 4 aromatic rings. The lowest BCUT2D eigenvalue weighted by atomic mass is 9.85. The van der Waals surface area contributed by atoms with Crippen LogP contribution >= 0.6 is 11.3 Å². The number of ether oxygens (including phenoxy) is 1. The maximum Gasteiger partial charge on any atom is 0.271 e. The van der Waals surface area contributed by atoms with Crippen LogP contribution in [-0.2, 0) is 24.4 Å². The second-order valence-electron chi connectivity index (χ2n) is 10.9. The van der Waals surface area contributed by atoms with E-state index >= 15 is 0 Å². The van der Waals surface area contributed by atoms with Gasteiger partial charge in [-0.05, 0) is 52.9 Å². The van der Waals surface area contributed by atoms with Crippen molar-refractivity contribution in [1.29, 1.82) is 0 Å². The summed E-state index contributed by atoms with van der Waals surface area (Å²) in [5.74, 6) is 0.0596. The second-order valence-corrected chi connectivity index (χ2v) is 11.8. The van der Waals surface area contributed by atoms with Crippen molar-refractivity contribution in [2.75, 3.05) is 6.54 Å². The average molecular weight is 558 g/mol. The van der Waals surface area contributed by atoms with Crippen LogP contribution in [0.25, 0.3) is 0 Å². The summed E-state index contributed by atoms with van der Waals surface area (Å²) in [7, 11) is 0. The minimum Gasteiger partial charge on any atom is -0.486 e. The molecule has 2 heterocycles. The minimum absolute atomic E-state index is 0.0135. The molecule has 1 aliphatic heterocycles. The molecule has 1 aromatic heterocycles. The maximum atomic E-state index is 14.3. The van der Waals surface area contributed by atoms with E-state index in [9.17, 15) is 14.0 Å². The number of nitrogens with one attached hydrogen (secondary N) is 1. The number of benzene rings is 3. The van der Waals surface area contributed by atoms with Crippen molar-refractivity contribution in [2.24, 2.45) is 5.41 Å². The first-order valence-electron chi connectivity index (χ1n) is 13.3. The van der Waals surface area contributed by atoms with Crippen molar-refractivity contribution in [3.05, 3.63) is 117 Å². The molecule has 1 N–H and O–H groups in total. The van der Waals surface area contributed by atoms with Crippen molar-refractivity contribution >= 4 is 23.2 Å². The van der Waals surface area contributed by atoms with Gasteiger partial charge >= 0.3 is 0 Å². The monoisotopic (exact) mass is 557 g/mol. The van der Waals surface area contributed by atoms with Gasteiger partial charge in [-0.1, -0.05) is 69.3 Å². The quantitative estimate of drug-likeness (QED) is 0.289. The lowest BCUT2D eigenvalue weighted by Gasteiger charge is -2.41. The lowest BCUT2D eigenvalue weighted by Crippen LogP contribution is -2.45. The molecule has 206 valence electrons. The Hall–Kier alpha value is -4.04. The Morgan fingerprint density at radius 2 is 1.88 bits per heavy atom. The topological polar surface area (TPSA) is 71.5 Å². The van der Waals surface area contributed by atoms with E-state index in [1.54, 1.807) is 11.4 Å². The zero-order valence-corrected chi connectivity index (χ0v) is 23.6. The van der Waals surface area contributed by atoms with Gasteiger partial charge in [0.15, 0.2) is 0 Å². The van der Waals surface area contributed by atoms with Gasteiger partial charge in [0.2, 0.25) is 5.91 Å². The molecule has 6 nitrogen and oxygen atoms in total. The highest BCUT2D eigenvalue weighted by Crippen LogP contribution is 2.39. The van der Waals surface area contributed by atoms with Crippen molar-refractivity contribution in [3.8, 4) is 5.75 Å². The van der Waals surface area contributed by atoms with Gasteiger partial charge in [0.25, 0.3) is 5.91 Å². The minimum atomic E-state index is -0.576. The SMILES string of the molecule is CC(C)(C)C(=O)N1CCc2ccc(OCc3nc(C(=O)NCc4ccccc4)cs3)cc2C1c1cccc(F)c1. The van der Waals surface area contributed by atoms with Crippen molar-refractivity contribution in [1.82, 2.24) is 15.2 Å². The zero-order valence-electron chi connectivity index (χ0n) is 22.8. The summed E-state index contributed by atoms with van der Waals surface area (Å²) in [6.45, 7) is 6.88. The Kier molecular flexibility index (Phi) is 7.98. The average Bonchev–Trinajstić information content (AvgIpc) is 3.43. The maximum absolute atomic E-state index is 14.3. The number of carbonyl (C=O) groups is 2. The molecule has 0 bridgehead atoms. The van der Waals surface area contributed by atoms with Gasteiger partial charge in [0, 0.05) is 23.9 Å². The van der Waals surface area contributed by atoms with E-state index in [1.165, 1.54) is 23.5 Å². The number of hydrogen-bond donors (Lipinski definition) is 1. The predicted molar refractivity (Wildman–Crippen MR) is 154 cm³/mol. The molecule has 40 heavy (non-hydrogen) atoms. The highest BCUT2D eigenvalue weighted by atomic mass is 32.1. The summed E-state index contributed by atoms with van der Waals surface area (Å²) in [5, 5.41) is 5.29. The van der Waals surface area contributed by atoms with E-state index in [0.29, 0.717) is 36.0 Å². The van der Waals surface area contributed by atoms with Crippen LogP contribution in [-0.4, -0.2) is 28.2 Å². The normalized spacial score (nSPS) is 14.9. The van der Waals surface area contributed by atoms with Gasteiger partial charge in [0.1, 0.15) is 28.9 Å². The number of fused-ring (bicyclic) bond motifs is 1. The Balaban J connectivity index is 1.33. The molecule has 3 aromatic carbocycles. The van der Waals surface area contributed by atoms with E-state index in [0.717, 1.165) is 22.3 Å². The van der Waals surface area contributed by atoms with Gasteiger partial charge in [-0.2, -0.15) is 0 Å². The first-order chi connectivity index (χ1) is 19.2. The van der Waals surface area contributed by atoms with Crippen LogP contribution in [0.3, 0.4) is 0 Å². The number of halogens is 1. The molecule has 1 aliphatic rings. The molecule has 0 saturated heterocycles. The van der Waals surface area contributed by atoms with Gasteiger partial charge in [-0.25, -0.2) is 9.37 Å². The molecule has 1 atom stereocenters. The second kappa shape index (κ2) is 11.6. The first-order valence-corrected chi connectivity index (χ1v) is 14.2. The molecular formula is C32H32FN3O3S. The number of thiazole rings is 1. The Morgan fingerprint density at radius 3 is 2.62 bits per heavy atom. The molecule has 1 unspecified atom stereocenters. The third-order valence-electron chi connectivity index (χ3n) is 6.86. The summed E-state index contributed by atoms with van der Waals surface area (Å²) in [6, 6.07) is 21.6. The van der Waals surface area contributed by atoms with E-state index in [1.807, 2.05) is 80.3 Å². The van der Waals surface area contributed by atoms with Crippen LogP contribution in [0.4, 0.5) is 4.39 Å². The fraction of sp³-hybridized carbons (Fsp3) is 0.281. The third-order valence-corrected chi connectivity index (χ3v) is 7.68. The molecule has 2 amide bonds. The predicted octanol–water partition coefficient (Wildman–Crippen LogP) is 6.31. The van der Waals surface area contributed by atoms with Crippen LogP contribution in [0.1, 0.15) is 64.6 Å². The molecule has 0 fully saturated rings. The fourth-order valence-corrected chi connectivity index (χ4v) is 5.55. The number of carbonyl (C=O) groups excluding carboxylic acids is 2. The molecule has 0 spiro atoms. The highest BCUT2D eigenvalue weighted by Gasteiger charge is 2.37. The molecule has 5 rings (SSSR count). The Morgan fingerprint density at radius 1 is 1.07 bits per heavy atom. The molecular weight excluding hydrogens is 525 g/mol. The van der Waals surface area contributed by atoms with Crippen LogP contribution in [0.15, 0.2) is 78.2 Å². The highest BCUT2D eigenvalue weighted by molar-refractivity contribution is 7.09. The van der Waals surface area contributed by atoms with Gasteiger partial charge < -0.3 is 15.0 Å². The van der Waals surface area contributed by atoms with E-state index in [-0.39, 0.29) is 24.2 Å². The van der Waals surface area contributed by atoms with E-state index in [4.69, 9.17) is 4.74 Å². The Bertz CT molecular complexity index is 1510. The number of nitrogens with zero attached hydrogens (tertiary/aromatic N) is 2. The van der Waals surface area contributed by atoms with Gasteiger partial charge in [-0.15, -0.1) is 11.3 Å². The lowest BCUT2D eigenvalue weighted by molar-refractivity contribution is -0.141. The van der Waals surface area contributed by atoms with Crippen LogP contribution in [0.2, 0.25) is 0 Å². The number of amides is 2. The smallest absolute Gasteiger partial charge is 0.271 e.